The van der Waals surface area contributed by atoms with Crippen LogP contribution >= 0.6 is 34.7 Å². The van der Waals surface area contributed by atoms with Gasteiger partial charge < -0.3 is 10.6 Å². The smallest absolute Gasteiger partial charge is 0.190 e. The summed E-state index contributed by atoms with van der Waals surface area (Å²) in [5, 5.41) is 11.3. The molecule has 1 fully saturated rings. The van der Waals surface area contributed by atoms with Gasteiger partial charge in [0.25, 0.3) is 0 Å². The maximum absolute atomic E-state index is 9.53. The Bertz CT molecular complexity index is 851. The van der Waals surface area contributed by atoms with Crippen LogP contribution in [0.25, 0.3) is 0 Å². The van der Waals surface area contributed by atoms with Gasteiger partial charge in [0.2, 0.25) is 0 Å². The lowest BCUT2D eigenvalue weighted by atomic mass is 9.66. The Balaban J connectivity index is 1.67. The van der Waals surface area contributed by atoms with Gasteiger partial charge in [-0.3, -0.25) is 0 Å². The number of nitrogens with zero attached hydrogens (tertiary/aromatic N) is 4. The number of thiophene rings is 1. The van der Waals surface area contributed by atoms with Crippen molar-refractivity contribution < 1.29 is 0 Å². The van der Waals surface area contributed by atoms with E-state index in [1.807, 2.05) is 12.3 Å². The minimum Gasteiger partial charge on any atom is -0.389 e. The van der Waals surface area contributed by atoms with Gasteiger partial charge in [-0.2, -0.15) is 5.26 Å². The lowest BCUT2D eigenvalue weighted by molar-refractivity contribution is 0.283. The van der Waals surface area contributed by atoms with E-state index in [4.69, 9.17) is 17.3 Å². The summed E-state index contributed by atoms with van der Waals surface area (Å²) in [7, 11) is 0. The van der Waals surface area contributed by atoms with E-state index in [-0.39, 0.29) is 5.41 Å². The van der Waals surface area contributed by atoms with E-state index in [2.05, 4.69) is 20.9 Å². The first-order valence-electron chi connectivity index (χ1n) is 7.71. The van der Waals surface area contributed by atoms with Crippen molar-refractivity contribution in [3.63, 3.8) is 0 Å². The molecule has 5 nitrogen and oxygen atoms in total. The fraction of sp³-hybridized carbons (Fsp3) is 0.438. The van der Waals surface area contributed by atoms with E-state index in [0.29, 0.717) is 20.9 Å². The van der Waals surface area contributed by atoms with Crippen LogP contribution in [0.3, 0.4) is 0 Å². The van der Waals surface area contributed by atoms with Crippen molar-refractivity contribution in [2.24, 2.45) is 0 Å². The number of aryl methyl sites for hydroxylation is 1. The van der Waals surface area contributed by atoms with Crippen LogP contribution in [0.1, 0.15) is 28.8 Å². The highest BCUT2D eigenvalue weighted by atomic mass is 35.5. The number of fused-ring (bicyclic) bond motifs is 2. The van der Waals surface area contributed by atoms with Crippen LogP contribution in [-0.4, -0.2) is 29.3 Å². The molecule has 1 saturated heterocycles. The Morgan fingerprint density at radius 1 is 1.46 bits per heavy atom. The number of aromatic nitrogens is 2. The summed E-state index contributed by atoms with van der Waals surface area (Å²) >= 11 is 9.18. The summed E-state index contributed by atoms with van der Waals surface area (Å²) in [6, 6.07) is 4.14. The standard InChI is InChI=1S/C16H16ClN5S2/c1-23-15-20-11(17)5-12(21-15)22-7-16(8-22)4-2-3-10-13(16)9(6-18)14(19)24-10/h5H,2-4,7-8,19H2,1H3. The molecule has 2 aromatic heterocycles. The molecule has 2 aromatic rings. The molecule has 1 spiro atoms. The second-order valence-corrected chi connectivity index (χ2v) is 8.57. The van der Waals surface area contributed by atoms with Crippen LogP contribution in [-0.2, 0) is 11.8 Å². The van der Waals surface area contributed by atoms with Gasteiger partial charge in [-0.25, -0.2) is 9.97 Å². The quantitative estimate of drug-likeness (QED) is 0.490. The molecule has 24 heavy (non-hydrogen) atoms. The van der Waals surface area contributed by atoms with E-state index < -0.39 is 0 Å². The number of thioether (sulfide) groups is 1. The average Bonchev–Trinajstić information content (AvgIpc) is 2.87. The molecule has 0 radical (unpaired) electrons. The number of nitriles is 1. The van der Waals surface area contributed by atoms with Gasteiger partial charge in [0, 0.05) is 29.4 Å². The van der Waals surface area contributed by atoms with Crippen molar-refractivity contribution in [1.82, 2.24) is 9.97 Å². The second kappa shape index (κ2) is 5.80. The number of hydrogen-bond acceptors (Lipinski definition) is 7. The third kappa shape index (κ3) is 2.36. The molecule has 0 atom stereocenters. The van der Waals surface area contributed by atoms with Crippen molar-refractivity contribution in [3.8, 4) is 6.07 Å². The van der Waals surface area contributed by atoms with E-state index in [1.165, 1.54) is 22.2 Å². The first-order valence-corrected chi connectivity index (χ1v) is 10.1. The van der Waals surface area contributed by atoms with Crippen LogP contribution in [0.5, 0.6) is 0 Å². The summed E-state index contributed by atoms with van der Waals surface area (Å²) in [6.45, 7) is 1.71. The molecule has 2 N–H and O–H groups in total. The lowest BCUT2D eigenvalue weighted by Crippen LogP contribution is -2.61. The molecular weight excluding hydrogens is 362 g/mol. The molecular formula is C16H16ClN5S2. The summed E-state index contributed by atoms with van der Waals surface area (Å²) in [5.41, 5.74) is 8.00. The Morgan fingerprint density at radius 2 is 2.25 bits per heavy atom. The lowest BCUT2D eigenvalue weighted by Gasteiger charge is -2.53. The molecule has 0 aromatic carbocycles. The number of nitrogens with two attached hydrogens (primary N) is 1. The summed E-state index contributed by atoms with van der Waals surface area (Å²) in [6.07, 6.45) is 5.21. The zero-order valence-electron chi connectivity index (χ0n) is 13.2. The van der Waals surface area contributed by atoms with Gasteiger partial charge in [-0.1, -0.05) is 23.4 Å². The maximum Gasteiger partial charge on any atom is 0.190 e. The number of hydrogen-bond donors (Lipinski definition) is 1. The molecule has 0 unspecified atom stereocenters. The van der Waals surface area contributed by atoms with Crippen molar-refractivity contribution >= 4 is 45.5 Å². The Labute approximate surface area is 153 Å². The molecule has 4 rings (SSSR count). The summed E-state index contributed by atoms with van der Waals surface area (Å²) < 4.78 is 0. The Hall–Kier alpha value is -1.49. The number of rotatable bonds is 2. The van der Waals surface area contributed by atoms with Crippen LogP contribution in [0, 0.1) is 11.3 Å². The van der Waals surface area contributed by atoms with Crippen molar-refractivity contribution in [3.05, 3.63) is 27.2 Å². The number of nitrogen functional groups attached to an aromatic ring is 1. The Morgan fingerprint density at radius 3 is 2.96 bits per heavy atom. The minimum atomic E-state index is 0.0315. The third-order valence-electron chi connectivity index (χ3n) is 4.86. The van der Waals surface area contributed by atoms with Gasteiger partial charge in [0.1, 0.15) is 22.0 Å². The SMILES string of the molecule is CSc1nc(Cl)cc(N2CC3(CCCc4sc(N)c(C#N)c43)C2)n1. The van der Waals surface area contributed by atoms with Crippen LogP contribution in [0.15, 0.2) is 11.2 Å². The maximum atomic E-state index is 9.53. The highest BCUT2D eigenvalue weighted by molar-refractivity contribution is 7.98. The van der Waals surface area contributed by atoms with Gasteiger partial charge >= 0.3 is 0 Å². The van der Waals surface area contributed by atoms with Gasteiger partial charge in [0.15, 0.2) is 5.16 Å². The number of halogens is 1. The third-order valence-corrected chi connectivity index (χ3v) is 6.68. The zero-order valence-corrected chi connectivity index (χ0v) is 15.6. The summed E-state index contributed by atoms with van der Waals surface area (Å²) in [5.74, 6) is 0.860. The predicted molar refractivity (Wildman–Crippen MR) is 99.1 cm³/mol. The minimum absolute atomic E-state index is 0.0315. The highest BCUT2D eigenvalue weighted by Crippen LogP contribution is 2.50. The van der Waals surface area contributed by atoms with Gasteiger partial charge in [0.05, 0.1) is 5.56 Å². The van der Waals surface area contributed by atoms with Crippen LogP contribution in [0.4, 0.5) is 10.8 Å². The molecule has 124 valence electrons. The van der Waals surface area contributed by atoms with Crippen molar-refractivity contribution in [2.75, 3.05) is 30.0 Å². The van der Waals surface area contributed by atoms with E-state index in [0.717, 1.165) is 38.2 Å². The molecule has 0 amide bonds. The molecule has 0 saturated carbocycles. The molecule has 0 bridgehead atoms. The van der Waals surface area contributed by atoms with E-state index >= 15 is 0 Å². The fourth-order valence-corrected chi connectivity index (χ4v) is 5.64. The molecule has 1 aliphatic carbocycles. The molecule has 3 heterocycles. The molecule has 8 heteroatoms. The normalized spacial score (nSPS) is 18.1. The largest absolute Gasteiger partial charge is 0.389 e. The average molecular weight is 378 g/mol. The Kier molecular flexibility index (Phi) is 3.87. The van der Waals surface area contributed by atoms with Crippen LogP contribution < -0.4 is 10.6 Å². The first kappa shape index (κ1) is 16.0. The van der Waals surface area contributed by atoms with Crippen molar-refractivity contribution in [2.45, 2.75) is 29.8 Å². The van der Waals surface area contributed by atoms with Crippen molar-refractivity contribution in [1.29, 1.82) is 5.26 Å². The van der Waals surface area contributed by atoms with E-state index in [9.17, 15) is 5.26 Å². The van der Waals surface area contributed by atoms with E-state index in [1.54, 1.807) is 11.3 Å². The highest BCUT2D eigenvalue weighted by Gasteiger charge is 2.49. The van der Waals surface area contributed by atoms with Crippen LogP contribution in [0.2, 0.25) is 5.15 Å². The zero-order chi connectivity index (χ0) is 16.9. The fourth-order valence-electron chi connectivity index (χ4n) is 3.86. The number of anilines is 2. The van der Waals surface area contributed by atoms with Gasteiger partial charge in [-0.05, 0) is 31.1 Å². The first-order chi connectivity index (χ1) is 11.6. The van der Waals surface area contributed by atoms with Gasteiger partial charge in [-0.15, -0.1) is 11.3 Å². The second-order valence-electron chi connectivity index (χ2n) is 6.28. The molecule has 2 aliphatic rings. The topological polar surface area (TPSA) is 78.8 Å². The monoisotopic (exact) mass is 377 g/mol. The molecule has 1 aliphatic heterocycles. The summed E-state index contributed by atoms with van der Waals surface area (Å²) in [4.78, 5) is 12.3. The predicted octanol–water partition coefficient (Wildman–Crippen LogP) is 3.46.